The van der Waals surface area contributed by atoms with Crippen LogP contribution in [0.3, 0.4) is 0 Å². The number of hydrogen-bond acceptors (Lipinski definition) is 4. The Hall–Kier alpha value is -1.40. The van der Waals surface area contributed by atoms with Gasteiger partial charge in [0.2, 0.25) is 5.91 Å². The maximum absolute atomic E-state index is 12.4. The lowest BCUT2D eigenvalue weighted by atomic mass is 9.85. The van der Waals surface area contributed by atoms with Crippen LogP contribution in [0.1, 0.15) is 40.2 Å². The normalized spacial score (nSPS) is 24.9. The Morgan fingerprint density at radius 3 is 2.79 bits per heavy atom. The molecule has 1 spiro atoms. The summed E-state index contributed by atoms with van der Waals surface area (Å²) in [4.78, 5) is 28.2. The molecule has 5 nitrogen and oxygen atoms in total. The lowest BCUT2D eigenvalue weighted by Crippen LogP contribution is -2.63. The highest BCUT2D eigenvalue weighted by Crippen LogP contribution is 2.40. The number of thiophene rings is 1. The van der Waals surface area contributed by atoms with E-state index in [1.165, 1.54) is 12.8 Å². The molecule has 3 heterocycles. The van der Waals surface area contributed by atoms with Crippen molar-refractivity contribution in [3.05, 3.63) is 21.9 Å². The molecule has 1 aliphatic carbocycles. The molecule has 1 aromatic rings. The van der Waals surface area contributed by atoms with E-state index >= 15 is 0 Å². The quantitative estimate of drug-likeness (QED) is 0.887. The summed E-state index contributed by atoms with van der Waals surface area (Å²) in [5.74, 6) is 1.25. The van der Waals surface area contributed by atoms with Gasteiger partial charge >= 0.3 is 0 Å². The van der Waals surface area contributed by atoms with Crippen LogP contribution in [-0.2, 0) is 9.53 Å². The fourth-order valence-corrected chi connectivity index (χ4v) is 4.54. The highest BCUT2D eigenvalue weighted by atomic mass is 32.1. The highest BCUT2D eigenvalue weighted by Gasteiger charge is 2.51. The molecule has 0 aromatic carbocycles. The number of nitrogens with one attached hydrogen (secondary N) is 1. The van der Waals surface area contributed by atoms with E-state index in [0.717, 1.165) is 22.7 Å². The first-order chi connectivity index (χ1) is 11.5. The summed E-state index contributed by atoms with van der Waals surface area (Å²) in [6, 6.07) is 3.88. The molecule has 3 fully saturated rings. The summed E-state index contributed by atoms with van der Waals surface area (Å²) in [6.45, 7) is 4.79. The van der Waals surface area contributed by atoms with E-state index < -0.39 is 0 Å². The first kappa shape index (κ1) is 16.1. The minimum absolute atomic E-state index is 0.105. The fourth-order valence-electron chi connectivity index (χ4n) is 3.70. The number of hydrogen-bond donors (Lipinski definition) is 1. The third kappa shape index (κ3) is 3.35. The molecule has 2 aliphatic heterocycles. The van der Waals surface area contributed by atoms with Gasteiger partial charge in [-0.25, -0.2) is 0 Å². The van der Waals surface area contributed by atoms with Gasteiger partial charge in [-0.15, -0.1) is 11.3 Å². The Bertz CT molecular complexity index is 646. The molecule has 1 unspecified atom stereocenters. The first-order valence-electron chi connectivity index (χ1n) is 8.79. The van der Waals surface area contributed by atoms with Gasteiger partial charge in [-0.1, -0.05) is 0 Å². The van der Waals surface area contributed by atoms with Crippen LogP contribution in [0.15, 0.2) is 12.1 Å². The molecule has 24 heavy (non-hydrogen) atoms. The van der Waals surface area contributed by atoms with E-state index in [4.69, 9.17) is 4.74 Å². The molecule has 2 saturated heterocycles. The van der Waals surface area contributed by atoms with Crippen LogP contribution in [0.25, 0.3) is 0 Å². The van der Waals surface area contributed by atoms with Crippen LogP contribution in [0.4, 0.5) is 0 Å². The van der Waals surface area contributed by atoms with Gasteiger partial charge in [-0.05, 0) is 50.2 Å². The zero-order valence-electron chi connectivity index (χ0n) is 14.0. The van der Waals surface area contributed by atoms with Crippen LogP contribution in [0.5, 0.6) is 0 Å². The summed E-state index contributed by atoms with van der Waals surface area (Å²) in [7, 11) is 0. The molecule has 0 radical (unpaired) electrons. The molecule has 1 atom stereocenters. The van der Waals surface area contributed by atoms with Gasteiger partial charge in [0.25, 0.3) is 5.91 Å². The van der Waals surface area contributed by atoms with Crippen molar-refractivity contribution >= 4 is 23.2 Å². The summed E-state index contributed by atoms with van der Waals surface area (Å²) in [5, 5.41) is 3.03. The molecule has 1 N–H and O–H groups in total. The summed E-state index contributed by atoms with van der Waals surface area (Å²) in [6.07, 6.45) is 3.94. The first-order valence-corrected chi connectivity index (χ1v) is 9.61. The van der Waals surface area contributed by atoms with E-state index in [2.05, 4.69) is 5.32 Å². The van der Waals surface area contributed by atoms with Gasteiger partial charge in [0.05, 0.1) is 24.6 Å². The van der Waals surface area contributed by atoms with Crippen molar-refractivity contribution in [2.45, 2.75) is 38.2 Å². The molecule has 6 heteroatoms. The largest absolute Gasteiger partial charge is 0.371 e. The molecule has 4 rings (SSSR count). The Kier molecular flexibility index (Phi) is 4.12. The third-order valence-electron chi connectivity index (χ3n) is 5.24. The third-order valence-corrected chi connectivity index (χ3v) is 6.23. The van der Waals surface area contributed by atoms with Crippen molar-refractivity contribution in [3.8, 4) is 0 Å². The van der Waals surface area contributed by atoms with Gasteiger partial charge in [0, 0.05) is 17.8 Å². The van der Waals surface area contributed by atoms with E-state index in [9.17, 15) is 9.59 Å². The standard InChI is InChI=1S/C18H24N2O3S/c1-12-2-5-15(24-12)17(22)20-10-18(11-20)7-14(9-23-18)6-16(21)19-8-13-3-4-13/h2,5,13-14H,3-4,6-11H2,1H3,(H,19,21). The van der Waals surface area contributed by atoms with E-state index in [-0.39, 0.29) is 23.3 Å². The number of amides is 2. The van der Waals surface area contributed by atoms with Crippen molar-refractivity contribution in [2.75, 3.05) is 26.2 Å². The van der Waals surface area contributed by atoms with Crippen molar-refractivity contribution in [1.29, 1.82) is 0 Å². The number of carbonyl (C=O) groups is 2. The van der Waals surface area contributed by atoms with E-state index in [1.54, 1.807) is 11.3 Å². The fraction of sp³-hybridized carbons (Fsp3) is 0.667. The second kappa shape index (κ2) is 6.15. The number of rotatable bonds is 5. The Morgan fingerprint density at radius 1 is 1.33 bits per heavy atom. The highest BCUT2D eigenvalue weighted by molar-refractivity contribution is 7.13. The average molecular weight is 348 g/mol. The minimum atomic E-state index is -0.205. The topological polar surface area (TPSA) is 58.6 Å². The molecule has 3 aliphatic rings. The number of nitrogens with zero attached hydrogens (tertiary/aromatic N) is 1. The number of carbonyl (C=O) groups excluding carboxylic acids is 2. The van der Waals surface area contributed by atoms with E-state index in [0.29, 0.717) is 32.0 Å². The molecule has 1 aromatic heterocycles. The molecule has 1 saturated carbocycles. The monoisotopic (exact) mass is 348 g/mol. The number of ether oxygens (including phenoxy) is 1. The SMILES string of the molecule is Cc1ccc(C(=O)N2CC3(CC(CC(=O)NCC4CC4)CO3)C2)s1. The Labute approximate surface area is 146 Å². The zero-order chi connectivity index (χ0) is 16.7. The Morgan fingerprint density at radius 2 is 2.12 bits per heavy atom. The number of likely N-dealkylation sites (tertiary alicyclic amines) is 1. The zero-order valence-corrected chi connectivity index (χ0v) is 14.9. The van der Waals surface area contributed by atoms with Gasteiger partial charge in [0.1, 0.15) is 5.60 Å². The summed E-state index contributed by atoms with van der Waals surface area (Å²) < 4.78 is 5.98. The second-order valence-corrected chi connectivity index (χ2v) is 8.88. The minimum Gasteiger partial charge on any atom is -0.371 e. The van der Waals surface area contributed by atoms with Gasteiger partial charge < -0.3 is 15.0 Å². The predicted octanol–water partition coefficient (Wildman–Crippen LogP) is 2.20. The Balaban J connectivity index is 1.24. The maximum atomic E-state index is 12.4. The van der Waals surface area contributed by atoms with Gasteiger partial charge in [-0.2, -0.15) is 0 Å². The smallest absolute Gasteiger partial charge is 0.264 e. The molecule has 130 valence electrons. The van der Waals surface area contributed by atoms with Crippen LogP contribution in [0.2, 0.25) is 0 Å². The van der Waals surface area contributed by atoms with Crippen LogP contribution >= 0.6 is 11.3 Å². The second-order valence-electron chi connectivity index (χ2n) is 7.59. The lowest BCUT2D eigenvalue weighted by molar-refractivity contribution is -0.122. The molecule has 0 bridgehead atoms. The van der Waals surface area contributed by atoms with Crippen LogP contribution in [0, 0.1) is 18.8 Å². The predicted molar refractivity (Wildman–Crippen MR) is 92.1 cm³/mol. The molecule has 2 amide bonds. The molecular weight excluding hydrogens is 324 g/mol. The maximum Gasteiger partial charge on any atom is 0.264 e. The van der Waals surface area contributed by atoms with Gasteiger partial charge in [0.15, 0.2) is 0 Å². The number of aryl methyl sites for hydroxylation is 1. The summed E-state index contributed by atoms with van der Waals surface area (Å²) in [5.41, 5.74) is -0.205. The van der Waals surface area contributed by atoms with E-state index in [1.807, 2.05) is 24.0 Å². The average Bonchev–Trinajstić information content (AvgIpc) is 3.10. The van der Waals surface area contributed by atoms with Crippen LogP contribution < -0.4 is 5.32 Å². The van der Waals surface area contributed by atoms with Crippen molar-refractivity contribution in [1.82, 2.24) is 10.2 Å². The summed E-state index contributed by atoms with van der Waals surface area (Å²) >= 11 is 1.54. The lowest BCUT2D eigenvalue weighted by Gasteiger charge is -2.47. The van der Waals surface area contributed by atoms with Crippen molar-refractivity contribution in [3.63, 3.8) is 0 Å². The van der Waals surface area contributed by atoms with Crippen LogP contribution in [-0.4, -0.2) is 48.6 Å². The molecular formula is C18H24N2O3S. The van der Waals surface area contributed by atoms with Crippen molar-refractivity contribution < 1.29 is 14.3 Å². The van der Waals surface area contributed by atoms with Crippen molar-refractivity contribution in [2.24, 2.45) is 11.8 Å². The van der Waals surface area contributed by atoms with Gasteiger partial charge in [-0.3, -0.25) is 9.59 Å².